The van der Waals surface area contributed by atoms with Crippen LogP contribution in [0.5, 0.6) is 0 Å². The largest absolute Gasteiger partial charge is 0.395 e. The van der Waals surface area contributed by atoms with Crippen molar-refractivity contribution >= 4 is 0 Å². The molecule has 1 aliphatic heterocycles. The summed E-state index contributed by atoms with van der Waals surface area (Å²) in [5, 5.41) is 13.1. The van der Waals surface area contributed by atoms with Crippen LogP contribution in [-0.4, -0.2) is 48.8 Å². The van der Waals surface area contributed by atoms with Crippen molar-refractivity contribution < 1.29 is 5.11 Å². The first-order valence-corrected chi connectivity index (χ1v) is 7.42. The van der Waals surface area contributed by atoms with Gasteiger partial charge in [0.2, 0.25) is 0 Å². The average Bonchev–Trinajstić information content (AvgIpc) is 2.74. The molecule has 0 aromatic heterocycles. The van der Waals surface area contributed by atoms with Gasteiger partial charge in [0.15, 0.2) is 0 Å². The Labute approximate surface area is 116 Å². The summed E-state index contributed by atoms with van der Waals surface area (Å²) in [4.78, 5) is 2.44. The molecule has 2 rings (SSSR count). The molecule has 3 nitrogen and oxygen atoms in total. The Balaban J connectivity index is 1.94. The van der Waals surface area contributed by atoms with E-state index in [2.05, 4.69) is 47.5 Å². The zero-order valence-corrected chi connectivity index (χ0v) is 11.9. The van der Waals surface area contributed by atoms with E-state index in [0.29, 0.717) is 5.92 Å². The molecular weight excluding hydrogens is 236 g/mol. The van der Waals surface area contributed by atoms with Gasteiger partial charge in [-0.15, -0.1) is 0 Å². The van der Waals surface area contributed by atoms with Crippen LogP contribution in [0.25, 0.3) is 0 Å². The fraction of sp³-hybridized carbons (Fsp3) is 0.625. The van der Waals surface area contributed by atoms with Gasteiger partial charge in [-0.2, -0.15) is 0 Å². The molecule has 0 bridgehead atoms. The fourth-order valence-electron chi connectivity index (χ4n) is 2.90. The van der Waals surface area contributed by atoms with Crippen molar-refractivity contribution in [3.8, 4) is 0 Å². The van der Waals surface area contributed by atoms with Crippen LogP contribution in [0.15, 0.2) is 30.3 Å². The number of nitrogens with zero attached hydrogens (tertiary/aromatic N) is 1. The van der Waals surface area contributed by atoms with Crippen LogP contribution in [0.4, 0.5) is 0 Å². The quantitative estimate of drug-likeness (QED) is 0.850. The molecule has 1 aliphatic rings. The third kappa shape index (κ3) is 4.30. The Bertz CT molecular complexity index is 347. The van der Waals surface area contributed by atoms with Gasteiger partial charge in [-0.05, 0) is 37.4 Å². The first kappa shape index (κ1) is 14.5. The highest BCUT2D eigenvalue weighted by Crippen LogP contribution is 2.22. The van der Waals surface area contributed by atoms with E-state index >= 15 is 0 Å². The van der Waals surface area contributed by atoms with Gasteiger partial charge in [0.1, 0.15) is 0 Å². The highest BCUT2D eigenvalue weighted by atomic mass is 16.3. The first-order chi connectivity index (χ1) is 9.31. The first-order valence-electron chi connectivity index (χ1n) is 7.42. The lowest BCUT2D eigenvalue weighted by atomic mass is 9.93. The van der Waals surface area contributed by atoms with Crippen molar-refractivity contribution in [2.45, 2.75) is 31.7 Å². The average molecular weight is 262 g/mol. The van der Waals surface area contributed by atoms with E-state index in [1.54, 1.807) is 0 Å². The number of hydrogen-bond donors (Lipinski definition) is 2. The predicted molar refractivity (Wildman–Crippen MR) is 79.4 cm³/mol. The molecule has 0 aliphatic carbocycles. The Morgan fingerprint density at radius 2 is 2.00 bits per heavy atom. The molecule has 1 heterocycles. The summed E-state index contributed by atoms with van der Waals surface area (Å²) >= 11 is 0. The molecular formula is C16H26N2O. The maximum Gasteiger partial charge on any atom is 0.0587 e. The minimum Gasteiger partial charge on any atom is -0.395 e. The molecule has 2 N–H and O–H groups in total. The summed E-state index contributed by atoms with van der Waals surface area (Å²) in [5.74, 6) is 0.495. The molecule has 1 saturated heterocycles. The molecule has 106 valence electrons. The Morgan fingerprint density at radius 3 is 2.74 bits per heavy atom. The topological polar surface area (TPSA) is 35.5 Å². The molecule has 1 aromatic rings. The van der Waals surface area contributed by atoms with Crippen molar-refractivity contribution in [1.29, 1.82) is 0 Å². The van der Waals surface area contributed by atoms with Crippen LogP contribution in [0, 0.1) is 0 Å². The maximum atomic E-state index is 9.70. The van der Waals surface area contributed by atoms with Gasteiger partial charge in [0.25, 0.3) is 0 Å². The number of nitrogens with one attached hydrogen (secondary N) is 1. The second-order valence-corrected chi connectivity index (χ2v) is 5.52. The zero-order valence-electron chi connectivity index (χ0n) is 11.9. The standard InChI is InChI=1S/C16H26N2O/c1-14(15-6-3-2-4-7-15)12-16(13-19)18-10-5-8-17-9-11-18/h2-4,6-7,14,16-17,19H,5,8-13H2,1H3. The molecule has 19 heavy (non-hydrogen) atoms. The van der Waals surface area contributed by atoms with Crippen LogP contribution >= 0.6 is 0 Å². The SMILES string of the molecule is CC(CC(CO)N1CCCNCC1)c1ccccc1. The third-order valence-electron chi connectivity index (χ3n) is 4.10. The Morgan fingerprint density at radius 1 is 1.21 bits per heavy atom. The lowest BCUT2D eigenvalue weighted by molar-refractivity contribution is 0.118. The smallest absolute Gasteiger partial charge is 0.0587 e. The molecule has 0 amide bonds. The highest BCUT2D eigenvalue weighted by Gasteiger charge is 2.21. The lowest BCUT2D eigenvalue weighted by Gasteiger charge is -2.31. The normalized spacial score (nSPS) is 20.7. The van der Waals surface area contributed by atoms with Gasteiger partial charge in [0.05, 0.1) is 6.61 Å². The number of rotatable bonds is 5. The van der Waals surface area contributed by atoms with E-state index in [9.17, 15) is 5.11 Å². The van der Waals surface area contributed by atoms with Crippen LogP contribution in [-0.2, 0) is 0 Å². The predicted octanol–water partition coefficient (Wildman–Crippen LogP) is 1.84. The van der Waals surface area contributed by atoms with Crippen LogP contribution in [0.2, 0.25) is 0 Å². The minimum absolute atomic E-state index is 0.261. The van der Waals surface area contributed by atoms with E-state index in [1.807, 2.05) is 0 Å². The van der Waals surface area contributed by atoms with E-state index in [4.69, 9.17) is 0 Å². The molecule has 0 saturated carbocycles. The third-order valence-corrected chi connectivity index (χ3v) is 4.10. The van der Waals surface area contributed by atoms with Crippen LogP contribution < -0.4 is 5.32 Å². The summed E-state index contributed by atoms with van der Waals surface area (Å²) in [5.41, 5.74) is 1.37. The van der Waals surface area contributed by atoms with Gasteiger partial charge in [0, 0.05) is 19.1 Å². The Hall–Kier alpha value is -0.900. The lowest BCUT2D eigenvalue weighted by Crippen LogP contribution is -2.41. The second kappa shape index (κ2) is 7.63. The van der Waals surface area contributed by atoms with Gasteiger partial charge >= 0.3 is 0 Å². The second-order valence-electron chi connectivity index (χ2n) is 5.52. The van der Waals surface area contributed by atoms with E-state index < -0.39 is 0 Å². The van der Waals surface area contributed by atoms with Crippen LogP contribution in [0.1, 0.15) is 31.2 Å². The van der Waals surface area contributed by atoms with E-state index in [1.165, 1.54) is 12.0 Å². The molecule has 1 aromatic carbocycles. The van der Waals surface area contributed by atoms with E-state index in [-0.39, 0.29) is 12.6 Å². The van der Waals surface area contributed by atoms with Crippen molar-refractivity contribution in [1.82, 2.24) is 10.2 Å². The summed E-state index contributed by atoms with van der Waals surface area (Å²) in [6, 6.07) is 10.9. The molecule has 1 fully saturated rings. The summed E-state index contributed by atoms with van der Waals surface area (Å²) in [7, 11) is 0. The molecule has 2 unspecified atom stereocenters. The van der Waals surface area contributed by atoms with E-state index in [0.717, 1.165) is 32.6 Å². The van der Waals surface area contributed by atoms with Crippen molar-refractivity contribution in [2.24, 2.45) is 0 Å². The summed E-state index contributed by atoms with van der Waals surface area (Å²) < 4.78 is 0. The van der Waals surface area contributed by atoms with Crippen LogP contribution in [0.3, 0.4) is 0 Å². The van der Waals surface area contributed by atoms with Crippen molar-refractivity contribution in [3.63, 3.8) is 0 Å². The molecule has 0 radical (unpaired) electrons. The number of aliphatic hydroxyl groups excluding tert-OH is 1. The van der Waals surface area contributed by atoms with Crippen molar-refractivity contribution in [2.75, 3.05) is 32.8 Å². The molecule has 3 heteroatoms. The van der Waals surface area contributed by atoms with Gasteiger partial charge in [-0.25, -0.2) is 0 Å². The number of hydrogen-bond acceptors (Lipinski definition) is 3. The maximum absolute atomic E-state index is 9.70. The van der Waals surface area contributed by atoms with Gasteiger partial charge < -0.3 is 10.4 Å². The number of aliphatic hydroxyl groups is 1. The molecule has 0 spiro atoms. The Kier molecular flexibility index (Phi) is 5.83. The number of benzene rings is 1. The zero-order chi connectivity index (χ0) is 13.5. The summed E-state index contributed by atoms with van der Waals surface area (Å²) in [6.07, 6.45) is 2.21. The van der Waals surface area contributed by atoms with Crippen molar-refractivity contribution in [3.05, 3.63) is 35.9 Å². The highest BCUT2D eigenvalue weighted by molar-refractivity contribution is 5.18. The van der Waals surface area contributed by atoms with Gasteiger partial charge in [-0.1, -0.05) is 37.3 Å². The monoisotopic (exact) mass is 262 g/mol. The fourth-order valence-corrected chi connectivity index (χ4v) is 2.90. The van der Waals surface area contributed by atoms with Gasteiger partial charge in [-0.3, -0.25) is 4.90 Å². The minimum atomic E-state index is 0.261. The summed E-state index contributed by atoms with van der Waals surface area (Å²) in [6.45, 7) is 6.80. The molecule has 2 atom stereocenters.